The minimum atomic E-state index is -3.78. The topological polar surface area (TPSA) is 89.3 Å². The van der Waals surface area contributed by atoms with E-state index in [4.69, 9.17) is 5.14 Å². The van der Waals surface area contributed by atoms with Crippen LogP contribution in [-0.4, -0.2) is 20.9 Å². The third-order valence-corrected chi connectivity index (χ3v) is 5.60. The molecule has 1 aliphatic rings. The molecule has 3 N–H and O–H groups in total. The van der Waals surface area contributed by atoms with Crippen LogP contribution in [0, 0.1) is 5.92 Å². The van der Waals surface area contributed by atoms with Crippen molar-refractivity contribution in [3.63, 3.8) is 0 Å². The minimum absolute atomic E-state index is 0.0425. The number of hydrogen-bond acceptors (Lipinski definition) is 4. The van der Waals surface area contributed by atoms with Gasteiger partial charge < -0.3 is 5.32 Å². The molecule has 1 fully saturated rings. The Morgan fingerprint density at radius 2 is 2.24 bits per heavy atom. The Bertz CT molecular complexity index is 549. The second kappa shape index (κ2) is 4.68. The summed E-state index contributed by atoms with van der Waals surface area (Å²) in [5.74, 6) is 0.331. The monoisotopic (exact) mass is 338 g/mol. The highest BCUT2D eigenvalue weighted by Gasteiger charge is 2.24. The zero-order chi connectivity index (χ0) is 12.6. The van der Waals surface area contributed by atoms with Gasteiger partial charge >= 0.3 is 0 Å². The Morgan fingerprint density at radius 3 is 2.71 bits per heavy atom. The van der Waals surface area contributed by atoms with Gasteiger partial charge in [-0.15, -0.1) is 11.3 Å². The van der Waals surface area contributed by atoms with Gasteiger partial charge in [0.25, 0.3) is 5.91 Å². The molecule has 2 rings (SSSR count). The Hall–Kier alpha value is -0.440. The molecule has 0 aliphatic heterocycles. The molecule has 0 bridgehead atoms. The number of nitrogens with one attached hydrogen (secondary N) is 1. The number of hydrogen-bond donors (Lipinski definition) is 2. The van der Waals surface area contributed by atoms with E-state index in [1.54, 1.807) is 0 Å². The lowest BCUT2D eigenvalue weighted by molar-refractivity contribution is 0.0955. The van der Waals surface area contributed by atoms with Crippen molar-refractivity contribution in [1.82, 2.24) is 5.32 Å². The molecule has 0 unspecified atom stereocenters. The SMILES string of the molecule is NS(=O)(=O)c1cc(C(=O)NCC2CC2)sc1Br. The maximum absolute atomic E-state index is 11.7. The lowest BCUT2D eigenvalue weighted by Crippen LogP contribution is -2.24. The fraction of sp³-hybridized carbons (Fsp3) is 0.444. The summed E-state index contributed by atoms with van der Waals surface area (Å²) in [6.45, 7) is 0.652. The van der Waals surface area contributed by atoms with E-state index in [0.29, 0.717) is 21.1 Å². The third-order valence-electron chi connectivity index (χ3n) is 2.43. The smallest absolute Gasteiger partial charge is 0.261 e. The molecule has 0 aromatic carbocycles. The maximum Gasteiger partial charge on any atom is 0.261 e. The van der Waals surface area contributed by atoms with Gasteiger partial charge in [0.05, 0.1) is 8.66 Å². The Labute approximate surface area is 112 Å². The number of carbonyl (C=O) groups excluding carboxylic acids is 1. The number of rotatable bonds is 4. The van der Waals surface area contributed by atoms with Crippen molar-refractivity contribution in [2.45, 2.75) is 17.7 Å². The average Bonchev–Trinajstić information content (AvgIpc) is 2.95. The number of amides is 1. The molecule has 5 nitrogen and oxygen atoms in total. The van der Waals surface area contributed by atoms with Crippen LogP contribution in [0.15, 0.2) is 14.7 Å². The van der Waals surface area contributed by atoms with E-state index in [-0.39, 0.29) is 10.8 Å². The van der Waals surface area contributed by atoms with Crippen molar-refractivity contribution < 1.29 is 13.2 Å². The molecule has 8 heteroatoms. The second-order valence-corrected chi connectivity index (χ2v) is 7.85. The molecule has 17 heavy (non-hydrogen) atoms. The average molecular weight is 339 g/mol. The van der Waals surface area contributed by atoms with Crippen LogP contribution in [0.25, 0.3) is 0 Å². The summed E-state index contributed by atoms with van der Waals surface area (Å²) in [6.07, 6.45) is 2.30. The van der Waals surface area contributed by atoms with E-state index in [0.717, 1.165) is 24.2 Å². The van der Waals surface area contributed by atoms with E-state index >= 15 is 0 Å². The number of carbonyl (C=O) groups is 1. The van der Waals surface area contributed by atoms with E-state index in [2.05, 4.69) is 21.2 Å². The first kappa shape index (κ1) is 13.0. The largest absolute Gasteiger partial charge is 0.351 e. The predicted octanol–water partition coefficient (Wildman–Crippen LogP) is 1.30. The fourth-order valence-electron chi connectivity index (χ4n) is 1.30. The minimum Gasteiger partial charge on any atom is -0.351 e. The van der Waals surface area contributed by atoms with Crippen LogP contribution in [0.2, 0.25) is 0 Å². The van der Waals surface area contributed by atoms with Gasteiger partial charge in [-0.3, -0.25) is 4.79 Å². The van der Waals surface area contributed by atoms with Crippen molar-refractivity contribution >= 4 is 43.2 Å². The van der Waals surface area contributed by atoms with Gasteiger partial charge in [0.15, 0.2) is 0 Å². The van der Waals surface area contributed by atoms with Gasteiger partial charge in [0.2, 0.25) is 10.0 Å². The lowest BCUT2D eigenvalue weighted by Gasteiger charge is -2.00. The van der Waals surface area contributed by atoms with Crippen LogP contribution < -0.4 is 10.5 Å². The highest BCUT2D eigenvalue weighted by molar-refractivity contribution is 9.11. The number of nitrogens with two attached hydrogens (primary N) is 1. The Balaban J connectivity index is 2.13. The van der Waals surface area contributed by atoms with Gasteiger partial charge in [-0.05, 0) is 40.8 Å². The van der Waals surface area contributed by atoms with Crippen molar-refractivity contribution in [3.05, 3.63) is 14.7 Å². The molecule has 1 aliphatic carbocycles. The second-order valence-electron chi connectivity index (χ2n) is 3.95. The zero-order valence-corrected chi connectivity index (χ0v) is 12.0. The molecular weight excluding hydrogens is 328 g/mol. The summed E-state index contributed by atoms with van der Waals surface area (Å²) >= 11 is 4.16. The standard InChI is InChI=1S/C9H11BrN2O3S2/c10-8-7(17(11,14)15)3-6(16-8)9(13)12-4-5-1-2-5/h3,5H,1-2,4H2,(H,12,13)(H2,11,14,15). The van der Waals surface area contributed by atoms with Crippen molar-refractivity contribution in [3.8, 4) is 0 Å². The molecule has 0 saturated heterocycles. The highest BCUT2D eigenvalue weighted by atomic mass is 79.9. The normalized spacial score (nSPS) is 15.9. The molecule has 1 aromatic heterocycles. The van der Waals surface area contributed by atoms with Crippen molar-refractivity contribution in [1.29, 1.82) is 0 Å². The van der Waals surface area contributed by atoms with Crippen molar-refractivity contribution in [2.75, 3.05) is 6.54 Å². The zero-order valence-electron chi connectivity index (χ0n) is 8.77. The quantitative estimate of drug-likeness (QED) is 0.866. The van der Waals surface area contributed by atoms with E-state index in [1.807, 2.05) is 0 Å². The summed E-state index contributed by atoms with van der Waals surface area (Å²) in [4.78, 5) is 12.0. The number of sulfonamides is 1. The van der Waals surface area contributed by atoms with E-state index in [1.165, 1.54) is 6.07 Å². The molecular formula is C9H11BrN2O3S2. The third kappa shape index (κ3) is 3.27. The number of thiophene rings is 1. The Kier molecular flexibility index (Phi) is 3.58. The molecule has 0 atom stereocenters. The molecule has 1 saturated carbocycles. The van der Waals surface area contributed by atoms with Gasteiger partial charge in [-0.1, -0.05) is 0 Å². The van der Waals surface area contributed by atoms with Gasteiger partial charge in [-0.25, -0.2) is 13.6 Å². The first-order valence-corrected chi connectivity index (χ1v) is 8.14. The molecule has 0 radical (unpaired) electrons. The molecule has 94 valence electrons. The summed E-state index contributed by atoms with van der Waals surface area (Å²) in [5.41, 5.74) is 0. The maximum atomic E-state index is 11.7. The van der Waals surface area contributed by atoms with Crippen LogP contribution in [0.5, 0.6) is 0 Å². The van der Waals surface area contributed by atoms with Gasteiger partial charge in [0.1, 0.15) is 4.90 Å². The Morgan fingerprint density at radius 1 is 1.59 bits per heavy atom. The van der Waals surface area contributed by atoms with Crippen LogP contribution >= 0.6 is 27.3 Å². The predicted molar refractivity (Wildman–Crippen MR) is 68.4 cm³/mol. The van der Waals surface area contributed by atoms with Crippen LogP contribution in [0.3, 0.4) is 0 Å². The lowest BCUT2D eigenvalue weighted by atomic mass is 10.4. The van der Waals surface area contributed by atoms with Crippen LogP contribution in [0.4, 0.5) is 0 Å². The molecule has 1 aromatic rings. The number of halogens is 1. The number of primary sulfonamides is 1. The van der Waals surface area contributed by atoms with Gasteiger partial charge in [0, 0.05) is 6.54 Å². The first-order valence-electron chi connectivity index (χ1n) is 4.98. The van der Waals surface area contributed by atoms with Crippen LogP contribution in [-0.2, 0) is 10.0 Å². The van der Waals surface area contributed by atoms with E-state index < -0.39 is 10.0 Å². The fourth-order valence-corrected chi connectivity index (χ4v) is 4.37. The summed E-state index contributed by atoms with van der Waals surface area (Å²) < 4.78 is 22.7. The first-order chi connectivity index (χ1) is 7.88. The van der Waals surface area contributed by atoms with Crippen LogP contribution in [0.1, 0.15) is 22.5 Å². The molecule has 1 heterocycles. The van der Waals surface area contributed by atoms with Crippen molar-refractivity contribution in [2.24, 2.45) is 11.1 Å². The summed E-state index contributed by atoms with van der Waals surface area (Å²) in [7, 11) is -3.78. The van der Waals surface area contributed by atoms with E-state index in [9.17, 15) is 13.2 Å². The molecule has 0 spiro atoms. The summed E-state index contributed by atoms with van der Waals surface area (Å²) in [6, 6.07) is 1.30. The summed E-state index contributed by atoms with van der Waals surface area (Å²) in [5, 5.41) is 7.79. The van der Waals surface area contributed by atoms with Gasteiger partial charge in [-0.2, -0.15) is 0 Å². The highest BCUT2D eigenvalue weighted by Crippen LogP contribution is 2.31. The molecule has 1 amide bonds.